The Morgan fingerprint density at radius 2 is 1.56 bits per heavy atom. The van der Waals surface area contributed by atoms with Crippen molar-refractivity contribution in [2.45, 2.75) is 13.8 Å². The van der Waals surface area contributed by atoms with Crippen molar-refractivity contribution in [3.63, 3.8) is 0 Å². The Balaban J connectivity index is 3.58. The third kappa shape index (κ3) is 5.04. The van der Waals surface area contributed by atoms with E-state index in [2.05, 4.69) is 0 Å². The molecule has 0 aliphatic heterocycles. The predicted molar refractivity (Wildman–Crippen MR) is 43.5 cm³/mol. The Labute approximate surface area is 61.7 Å². The smallest absolute Gasteiger partial charge is 0.185 e. The van der Waals surface area contributed by atoms with Crippen molar-refractivity contribution in [2.24, 2.45) is 0 Å². The van der Waals surface area contributed by atoms with Crippen LogP contribution >= 0.6 is 6.49 Å². The van der Waals surface area contributed by atoms with Crippen LogP contribution in [0, 0.1) is 0 Å². The van der Waals surface area contributed by atoms with E-state index < -0.39 is 6.49 Å². The van der Waals surface area contributed by atoms with Crippen LogP contribution in [0.5, 0.6) is 0 Å². The summed E-state index contributed by atoms with van der Waals surface area (Å²) >= 11 is 5.01. The molecule has 0 rings (SSSR count). The number of hydrogen-bond acceptors (Lipinski definition) is 3. The zero-order valence-electron chi connectivity index (χ0n) is 6.09. The Hall–Kier alpha value is 0.570. The van der Waals surface area contributed by atoms with Crippen LogP contribution in [0.1, 0.15) is 13.8 Å². The summed E-state index contributed by atoms with van der Waals surface area (Å²) in [6.45, 7) is 5.12. The lowest BCUT2D eigenvalue weighted by molar-refractivity contribution is 0.271. The standard InChI is InChI=1S/C5H13O2PS/c1-4-6-8(3,9)7-5-2/h4-5H2,1-3H3. The first-order valence-electron chi connectivity index (χ1n) is 2.99. The highest BCUT2D eigenvalue weighted by atomic mass is 32.5. The minimum absolute atomic E-state index is 0.647. The van der Waals surface area contributed by atoms with Gasteiger partial charge in [0, 0.05) is 6.66 Å². The van der Waals surface area contributed by atoms with Crippen molar-refractivity contribution in [3.05, 3.63) is 0 Å². The third-order valence-corrected chi connectivity index (χ3v) is 2.81. The third-order valence-electron chi connectivity index (χ3n) is 0.727. The second kappa shape index (κ2) is 4.40. The monoisotopic (exact) mass is 168 g/mol. The Morgan fingerprint density at radius 3 is 1.78 bits per heavy atom. The van der Waals surface area contributed by atoms with E-state index >= 15 is 0 Å². The van der Waals surface area contributed by atoms with Crippen molar-refractivity contribution in [1.82, 2.24) is 0 Å². The molecule has 0 unspecified atom stereocenters. The van der Waals surface area contributed by atoms with E-state index in [9.17, 15) is 0 Å². The highest BCUT2D eigenvalue weighted by molar-refractivity contribution is 8.09. The summed E-state index contributed by atoms with van der Waals surface area (Å²) in [6, 6.07) is 0. The van der Waals surface area contributed by atoms with Crippen molar-refractivity contribution in [3.8, 4) is 0 Å². The summed E-state index contributed by atoms with van der Waals surface area (Å²) < 4.78 is 10.3. The van der Waals surface area contributed by atoms with Gasteiger partial charge in [0.1, 0.15) is 0 Å². The highest BCUT2D eigenvalue weighted by Crippen LogP contribution is 2.43. The molecule has 0 saturated carbocycles. The van der Waals surface area contributed by atoms with Gasteiger partial charge in [-0.2, -0.15) is 0 Å². The van der Waals surface area contributed by atoms with E-state index in [0.29, 0.717) is 13.2 Å². The van der Waals surface area contributed by atoms with Crippen molar-refractivity contribution in [1.29, 1.82) is 0 Å². The molecule has 0 aliphatic rings. The van der Waals surface area contributed by atoms with Gasteiger partial charge in [-0.1, -0.05) is 0 Å². The van der Waals surface area contributed by atoms with Gasteiger partial charge in [-0.3, -0.25) is 0 Å². The van der Waals surface area contributed by atoms with Crippen molar-refractivity contribution in [2.75, 3.05) is 19.9 Å². The maximum absolute atomic E-state index is 5.17. The molecule has 2 nitrogen and oxygen atoms in total. The van der Waals surface area contributed by atoms with Gasteiger partial charge < -0.3 is 9.05 Å². The molecule has 0 amide bonds. The van der Waals surface area contributed by atoms with Gasteiger partial charge in [0.25, 0.3) is 0 Å². The van der Waals surface area contributed by atoms with Crippen LogP contribution in [-0.2, 0) is 20.9 Å². The molecule has 0 aromatic carbocycles. The molecule has 9 heavy (non-hydrogen) atoms. The quantitative estimate of drug-likeness (QED) is 0.598. The molecule has 56 valence electrons. The molecular formula is C5H13O2PS. The van der Waals surface area contributed by atoms with E-state index in [0.717, 1.165) is 0 Å². The lowest BCUT2D eigenvalue weighted by Gasteiger charge is -2.14. The summed E-state index contributed by atoms with van der Waals surface area (Å²) in [5, 5.41) is 0. The Bertz CT molecular complexity index is 106. The zero-order valence-corrected chi connectivity index (χ0v) is 7.80. The van der Waals surface area contributed by atoms with Crippen LogP contribution in [-0.4, -0.2) is 19.9 Å². The van der Waals surface area contributed by atoms with E-state index in [1.54, 1.807) is 0 Å². The molecule has 0 saturated heterocycles. The second-order valence-corrected chi connectivity index (χ2v) is 5.66. The summed E-state index contributed by atoms with van der Waals surface area (Å²) in [7, 11) is 0. The minimum Gasteiger partial charge on any atom is -0.330 e. The second-order valence-electron chi connectivity index (χ2n) is 1.61. The molecule has 0 radical (unpaired) electrons. The van der Waals surface area contributed by atoms with Crippen LogP contribution in [0.3, 0.4) is 0 Å². The highest BCUT2D eigenvalue weighted by Gasteiger charge is 2.07. The first-order valence-corrected chi connectivity index (χ1v) is 6.07. The fourth-order valence-electron chi connectivity index (χ4n) is 0.506. The molecular weight excluding hydrogens is 155 g/mol. The Morgan fingerprint density at radius 1 is 1.22 bits per heavy atom. The van der Waals surface area contributed by atoms with Crippen molar-refractivity contribution < 1.29 is 9.05 Å². The van der Waals surface area contributed by atoms with E-state index in [-0.39, 0.29) is 0 Å². The molecule has 0 bridgehead atoms. The molecule has 0 N–H and O–H groups in total. The molecule has 0 aromatic heterocycles. The summed E-state index contributed by atoms with van der Waals surface area (Å²) in [5.74, 6) is 0. The normalized spacial score (nSPS) is 11.9. The van der Waals surface area contributed by atoms with Crippen molar-refractivity contribution >= 4 is 18.3 Å². The van der Waals surface area contributed by atoms with E-state index in [1.807, 2.05) is 20.5 Å². The molecule has 0 spiro atoms. The van der Waals surface area contributed by atoms with Gasteiger partial charge in [-0.15, -0.1) is 0 Å². The van der Waals surface area contributed by atoms with Crippen LogP contribution in [0.15, 0.2) is 0 Å². The lowest BCUT2D eigenvalue weighted by atomic mass is 10.9. The van der Waals surface area contributed by atoms with E-state index in [4.69, 9.17) is 20.9 Å². The van der Waals surface area contributed by atoms with Gasteiger partial charge >= 0.3 is 0 Å². The van der Waals surface area contributed by atoms with Crippen LogP contribution in [0.25, 0.3) is 0 Å². The van der Waals surface area contributed by atoms with Crippen LogP contribution in [0.4, 0.5) is 0 Å². The topological polar surface area (TPSA) is 18.5 Å². The lowest BCUT2D eigenvalue weighted by Crippen LogP contribution is -1.92. The fourth-order valence-corrected chi connectivity index (χ4v) is 2.15. The molecule has 0 atom stereocenters. The fraction of sp³-hybridized carbons (Fsp3) is 1.00. The SMILES string of the molecule is CCOP(C)(=S)OCC. The molecule has 0 aliphatic carbocycles. The predicted octanol–water partition coefficient (Wildman–Crippen LogP) is 2.00. The average molecular weight is 168 g/mol. The Kier molecular flexibility index (Phi) is 4.67. The molecule has 4 heteroatoms. The van der Waals surface area contributed by atoms with E-state index in [1.165, 1.54) is 0 Å². The number of rotatable bonds is 4. The van der Waals surface area contributed by atoms with Crippen LogP contribution < -0.4 is 0 Å². The number of hydrogen-bond donors (Lipinski definition) is 0. The first kappa shape index (κ1) is 9.57. The molecule has 0 aromatic rings. The maximum Gasteiger partial charge on any atom is 0.185 e. The molecule has 0 fully saturated rings. The maximum atomic E-state index is 5.17. The minimum atomic E-state index is -1.86. The van der Waals surface area contributed by atoms with Gasteiger partial charge in [0.05, 0.1) is 13.2 Å². The summed E-state index contributed by atoms with van der Waals surface area (Å²) in [5.41, 5.74) is 0. The van der Waals surface area contributed by atoms with Gasteiger partial charge in [-0.25, -0.2) is 0 Å². The largest absolute Gasteiger partial charge is 0.330 e. The average Bonchev–Trinajstić information content (AvgIpc) is 1.64. The molecule has 0 heterocycles. The zero-order chi connectivity index (χ0) is 7.33. The van der Waals surface area contributed by atoms with Gasteiger partial charge in [0.15, 0.2) is 6.49 Å². The van der Waals surface area contributed by atoms with Gasteiger partial charge in [-0.05, 0) is 25.7 Å². The van der Waals surface area contributed by atoms with Crippen LogP contribution in [0.2, 0.25) is 0 Å². The van der Waals surface area contributed by atoms with Gasteiger partial charge in [0.2, 0.25) is 0 Å². The first-order chi connectivity index (χ1) is 4.12. The summed E-state index contributed by atoms with van der Waals surface area (Å²) in [4.78, 5) is 0. The summed E-state index contributed by atoms with van der Waals surface area (Å²) in [6.07, 6.45) is 0.